The van der Waals surface area contributed by atoms with Gasteiger partial charge in [-0.1, -0.05) is 0 Å². The Balaban J connectivity index is 2.07. The number of furan rings is 1. The summed E-state index contributed by atoms with van der Waals surface area (Å²) < 4.78 is 10.0. The lowest BCUT2D eigenvalue weighted by atomic mass is 10.3. The van der Waals surface area contributed by atoms with Crippen LogP contribution in [0.2, 0.25) is 0 Å². The quantitative estimate of drug-likeness (QED) is 0.630. The first-order chi connectivity index (χ1) is 5.77. The maximum atomic E-state index is 11.3. The summed E-state index contributed by atoms with van der Waals surface area (Å²) in [4.78, 5) is 11.3. The molecule has 0 unspecified atom stereocenters. The molecule has 1 heterocycles. The van der Waals surface area contributed by atoms with Crippen molar-refractivity contribution in [2.75, 3.05) is 0 Å². The zero-order valence-corrected chi connectivity index (χ0v) is 6.87. The molecule has 1 fully saturated rings. The highest BCUT2D eigenvalue weighted by atomic mass is 16.6. The second-order valence-corrected chi connectivity index (χ2v) is 3.04. The Morgan fingerprint density at radius 2 is 2.42 bits per heavy atom. The minimum atomic E-state index is -0.333. The van der Waals surface area contributed by atoms with Crippen LogP contribution in [0.4, 0.5) is 0 Å². The Hall–Kier alpha value is -1.25. The second kappa shape index (κ2) is 2.66. The van der Waals surface area contributed by atoms with Crippen molar-refractivity contribution in [3.63, 3.8) is 0 Å². The Labute approximate surface area is 70.3 Å². The van der Waals surface area contributed by atoms with Gasteiger partial charge in [-0.2, -0.15) is 0 Å². The molecule has 0 saturated heterocycles. The van der Waals surface area contributed by atoms with Gasteiger partial charge in [0.25, 0.3) is 0 Å². The van der Waals surface area contributed by atoms with Crippen LogP contribution in [-0.4, -0.2) is 12.1 Å². The fourth-order valence-corrected chi connectivity index (χ4v) is 0.973. The van der Waals surface area contributed by atoms with E-state index in [1.807, 2.05) is 6.92 Å². The minimum Gasteiger partial charge on any atom is -0.457 e. The van der Waals surface area contributed by atoms with Gasteiger partial charge in [0.05, 0.1) is 6.26 Å². The van der Waals surface area contributed by atoms with Crippen LogP contribution >= 0.6 is 0 Å². The van der Waals surface area contributed by atoms with Gasteiger partial charge >= 0.3 is 5.97 Å². The van der Waals surface area contributed by atoms with Crippen LogP contribution in [0.5, 0.6) is 0 Å². The van der Waals surface area contributed by atoms with Crippen LogP contribution in [-0.2, 0) is 4.74 Å². The number of carbonyl (C=O) groups is 1. The van der Waals surface area contributed by atoms with E-state index in [0.717, 1.165) is 18.4 Å². The van der Waals surface area contributed by atoms with Crippen molar-refractivity contribution < 1.29 is 13.9 Å². The molecule has 12 heavy (non-hydrogen) atoms. The maximum Gasteiger partial charge on any atom is 0.374 e. The third-order valence-electron chi connectivity index (χ3n) is 1.85. The highest BCUT2D eigenvalue weighted by Crippen LogP contribution is 2.25. The number of hydrogen-bond acceptors (Lipinski definition) is 3. The minimum absolute atomic E-state index is 0.141. The summed E-state index contributed by atoms with van der Waals surface area (Å²) >= 11 is 0. The molecule has 3 nitrogen and oxygen atoms in total. The lowest BCUT2D eigenvalue weighted by Crippen LogP contribution is -2.06. The predicted molar refractivity (Wildman–Crippen MR) is 41.9 cm³/mol. The van der Waals surface area contributed by atoms with Crippen molar-refractivity contribution in [2.24, 2.45) is 0 Å². The summed E-state index contributed by atoms with van der Waals surface area (Å²) in [6.07, 6.45) is 3.62. The van der Waals surface area contributed by atoms with E-state index in [1.165, 1.54) is 6.26 Å². The van der Waals surface area contributed by atoms with Gasteiger partial charge in [0.1, 0.15) is 6.10 Å². The summed E-state index contributed by atoms with van der Waals surface area (Å²) in [6, 6.07) is 1.75. The van der Waals surface area contributed by atoms with Gasteiger partial charge < -0.3 is 9.15 Å². The maximum absolute atomic E-state index is 11.3. The topological polar surface area (TPSA) is 39.4 Å². The van der Waals surface area contributed by atoms with Crippen LogP contribution in [0.3, 0.4) is 0 Å². The summed E-state index contributed by atoms with van der Waals surface area (Å²) in [6.45, 7) is 1.83. The molecular formula is C9H10O3. The SMILES string of the molecule is Cc1ccoc1C(=O)OC1CC1. The molecule has 1 aromatic rings. The standard InChI is InChI=1S/C9H10O3/c1-6-4-5-11-8(6)9(10)12-7-2-3-7/h4-5,7H,2-3H2,1H3. The van der Waals surface area contributed by atoms with Gasteiger partial charge in [-0.15, -0.1) is 0 Å². The number of aryl methyl sites for hydroxylation is 1. The molecule has 0 radical (unpaired) electrons. The Bertz CT molecular complexity index is 296. The molecular weight excluding hydrogens is 156 g/mol. The van der Waals surface area contributed by atoms with Gasteiger partial charge in [0, 0.05) is 5.56 Å². The smallest absolute Gasteiger partial charge is 0.374 e. The molecule has 64 valence electrons. The molecule has 0 atom stereocenters. The fourth-order valence-electron chi connectivity index (χ4n) is 0.973. The number of esters is 1. The average molecular weight is 166 g/mol. The summed E-state index contributed by atoms with van der Waals surface area (Å²) in [7, 11) is 0. The summed E-state index contributed by atoms with van der Waals surface area (Å²) in [5.74, 6) is 0.00176. The van der Waals surface area contributed by atoms with Crippen LogP contribution in [0.1, 0.15) is 29.0 Å². The summed E-state index contributed by atoms with van der Waals surface area (Å²) in [5, 5.41) is 0. The molecule has 0 aliphatic heterocycles. The lowest BCUT2D eigenvalue weighted by molar-refractivity contribution is 0.0434. The van der Waals surface area contributed by atoms with Gasteiger partial charge in [-0.3, -0.25) is 0 Å². The number of hydrogen-bond donors (Lipinski definition) is 0. The fraction of sp³-hybridized carbons (Fsp3) is 0.444. The van der Waals surface area contributed by atoms with Crippen LogP contribution in [0, 0.1) is 6.92 Å². The van der Waals surface area contributed by atoms with Crippen molar-refractivity contribution in [1.82, 2.24) is 0 Å². The molecule has 1 aromatic heterocycles. The van der Waals surface area contributed by atoms with E-state index in [2.05, 4.69) is 0 Å². The average Bonchev–Trinajstić information content (AvgIpc) is 2.72. The number of carbonyl (C=O) groups excluding carboxylic acids is 1. The predicted octanol–water partition coefficient (Wildman–Crippen LogP) is 1.91. The third kappa shape index (κ3) is 1.35. The van der Waals surface area contributed by atoms with E-state index in [0.29, 0.717) is 5.76 Å². The normalized spacial score (nSPS) is 16.1. The molecule has 0 spiro atoms. The molecule has 1 aliphatic rings. The van der Waals surface area contributed by atoms with Gasteiger partial charge in [0.15, 0.2) is 0 Å². The van der Waals surface area contributed by atoms with E-state index in [-0.39, 0.29) is 12.1 Å². The Kier molecular flexibility index (Phi) is 1.64. The van der Waals surface area contributed by atoms with Crippen LogP contribution in [0.25, 0.3) is 0 Å². The highest BCUT2D eigenvalue weighted by Gasteiger charge is 2.28. The van der Waals surface area contributed by atoms with Gasteiger partial charge in [-0.25, -0.2) is 4.79 Å². The summed E-state index contributed by atoms with van der Waals surface area (Å²) in [5.41, 5.74) is 0.834. The molecule has 0 amide bonds. The first-order valence-electron chi connectivity index (χ1n) is 4.02. The second-order valence-electron chi connectivity index (χ2n) is 3.04. The van der Waals surface area contributed by atoms with Crippen LogP contribution in [0.15, 0.2) is 16.7 Å². The van der Waals surface area contributed by atoms with Crippen molar-refractivity contribution in [2.45, 2.75) is 25.9 Å². The van der Waals surface area contributed by atoms with E-state index in [9.17, 15) is 4.79 Å². The van der Waals surface area contributed by atoms with Crippen molar-refractivity contribution in [3.8, 4) is 0 Å². The zero-order valence-electron chi connectivity index (χ0n) is 6.87. The zero-order chi connectivity index (χ0) is 8.55. The molecule has 0 aromatic carbocycles. The molecule has 2 rings (SSSR count). The first-order valence-corrected chi connectivity index (χ1v) is 4.02. The van der Waals surface area contributed by atoms with Crippen molar-refractivity contribution in [1.29, 1.82) is 0 Å². The Morgan fingerprint density at radius 3 is 2.92 bits per heavy atom. The Morgan fingerprint density at radius 1 is 1.67 bits per heavy atom. The molecule has 3 heteroatoms. The molecule has 1 saturated carbocycles. The van der Waals surface area contributed by atoms with E-state index >= 15 is 0 Å². The molecule has 0 bridgehead atoms. The van der Waals surface area contributed by atoms with E-state index < -0.39 is 0 Å². The van der Waals surface area contributed by atoms with Gasteiger partial charge in [-0.05, 0) is 25.8 Å². The number of rotatable bonds is 2. The third-order valence-corrected chi connectivity index (χ3v) is 1.85. The monoisotopic (exact) mass is 166 g/mol. The van der Waals surface area contributed by atoms with Crippen molar-refractivity contribution in [3.05, 3.63) is 23.7 Å². The van der Waals surface area contributed by atoms with Crippen molar-refractivity contribution >= 4 is 5.97 Å². The molecule has 0 N–H and O–H groups in total. The van der Waals surface area contributed by atoms with E-state index in [1.54, 1.807) is 6.07 Å². The number of ether oxygens (including phenoxy) is 1. The van der Waals surface area contributed by atoms with Gasteiger partial charge in [0.2, 0.25) is 5.76 Å². The first kappa shape index (κ1) is 7.40. The molecule has 1 aliphatic carbocycles. The lowest BCUT2D eigenvalue weighted by Gasteiger charge is -1.99. The highest BCUT2D eigenvalue weighted by molar-refractivity contribution is 5.88. The van der Waals surface area contributed by atoms with E-state index in [4.69, 9.17) is 9.15 Å². The largest absolute Gasteiger partial charge is 0.457 e. The van der Waals surface area contributed by atoms with Crippen LogP contribution < -0.4 is 0 Å².